The number of amides is 3. The fourth-order valence-electron chi connectivity index (χ4n) is 3.21. The quantitative estimate of drug-likeness (QED) is 0.351. The topological polar surface area (TPSA) is 67.9 Å². The number of nitrogens with one attached hydrogen (secondary N) is 1. The predicted octanol–water partition coefficient (Wildman–Crippen LogP) is 4.88. The first-order valence-corrected chi connectivity index (χ1v) is 9.93. The van der Waals surface area contributed by atoms with Gasteiger partial charge in [-0.25, -0.2) is 4.79 Å². The Morgan fingerprint density at radius 1 is 1.12 bits per heavy atom. The number of imide groups is 1. The van der Waals surface area contributed by atoms with Crippen LogP contribution < -0.4 is 14.8 Å². The fraction of sp³-hybridized carbons (Fsp3) is 0.300. The molecule has 1 unspecified atom stereocenters. The van der Waals surface area contributed by atoms with Gasteiger partial charge in [-0.2, -0.15) is 8.78 Å². The van der Waals surface area contributed by atoms with Crippen molar-refractivity contribution in [2.45, 2.75) is 36.0 Å². The van der Waals surface area contributed by atoms with Gasteiger partial charge in [0.25, 0.3) is 11.7 Å². The standard InChI is InChI=1S/C20H17F5N2O4S/c1-19(12-4-6-13(7-5-12)31-20(23,24)25)16(28)27(18(29)26-19)10-11-3-8-15(32-17(21)22)14(9-11)30-2/h3-9,17H,10H2,1-2H3,(H,26,29). The summed E-state index contributed by atoms with van der Waals surface area (Å²) in [4.78, 5) is 26.6. The van der Waals surface area contributed by atoms with Crippen molar-refractivity contribution in [2.75, 3.05) is 7.11 Å². The van der Waals surface area contributed by atoms with Crippen molar-refractivity contribution in [1.82, 2.24) is 10.2 Å². The van der Waals surface area contributed by atoms with Crippen LogP contribution in [-0.4, -0.2) is 36.1 Å². The van der Waals surface area contributed by atoms with Crippen molar-refractivity contribution in [3.63, 3.8) is 0 Å². The highest BCUT2D eigenvalue weighted by Crippen LogP contribution is 2.36. The number of carbonyl (C=O) groups excluding carboxylic acids is 2. The molecule has 1 aliphatic heterocycles. The molecule has 0 saturated carbocycles. The third kappa shape index (κ3) is 5.06. The average Bonchev–Trinajstić information content (AvgIpc) is 2.92. The van der Waals surface area contributed by atoms with Crippen molar-refractivity contribution in [3.8, 4) is 11.5 Å². The van der Waals surface area contributed by atoms with Crippen LogP contribution in [0.25, 0.3) is 0 Å². The van der Waals surface area contributed by atoms with Crippen molar-refractivity contribution in [2.24, 2.45) is 0 Å². The first-order valence-electron chi connectivity index (χ1n) is 9.05. The summed E-state index contributed by atoms with van der Waals surface area (Å²) in [6.07, 6.45) is -4.86. The van der Waals surface area contributed by atoms with Crippen LogP contribution in [0.1, 0.15) is 18.1 Å². The lowest BCUT2D eigenvalue weighted by Crippen LogP contribution is -2.40. The first-order chi connectivity index (χ1) is 14.9. The summed E-state index contributed by atoms with van der Waals surface area (Å²) in [5.41, 5.74) is -0.792. The Bertz CT molecular complexity index is 1020. The van der Waals surface area contributed by atoms with E-state index in [0.29, 0.717) is 17.3 Å². The number of benzene rings is 2. The molecule has 0 aromatic heterocycles. The Morgan fingerprint density at radius 3 is 2.34 bits per heavy atom. The highest BCUT2D eigenvalue weighted by atomic mass is 32.2. The zero-order chi connectivity index (χ0) is 23.7. The second-order valence-corrected chi connectivity index (χ2v) is 7.91. The van der Waals surface area contributed by atoms with E-state index in [1.54, 1.807) is 0 Å². The average molecular weight is 476 g/mol. The zero-order valence-corrected chi connectivity index (χ0v) is 17.5. The number of rotatable bonds is 7. The molecule has 6 nitrogen and oxygen atoms in total. The molecule has 2 aromatic carbocycles. The van der Waals surface area contributed by atoms with E-state index in [0.717, 1.165) is 17.0 Å². The fourth-order valence-corrected chi connectivity index (χ4v) is 3.81. The number of urea groups is 1. The summed E-state index contributed by atoms with van der Waals surface area (Å²) in [5.74, 6) is -3.57. The molecular weight excluding hydrogens is 459 g/mol. The summed E-state index contributed by atoms with van der Waals surface area (Å²) < 4.78 is 71.3. The van der Waals surface area contributed by atoms with Crippen molar-refractivity contribution in [3.05, 3.63) is 53.6 Å². The first kappa shape index (κ1) is 23.6. The van der Waals surface area contributed by atoms with Crippen LogP contribution in [0.5, 0.6) is 11.5 Å². The number of hydrogen-bond acceptors (Lipinski definition) is 5. The molecule has 0 bridgehead atoms. The summed E-state index contributed by atoms with van der Waals surface area (Å²) in [6, 6.07) is 8.22. The van der Waals surface area contributed by atoms with Gasteiger partial charge in [-0.15, -0.1) is 13.2 Å². The molecule has 172 valence electrons. The highest BCUT2D eigenvalue weighted by molar-refractivity contribution is 7.99. The van der Waals surface area contributed by atoms with Crippen LogP contribution in [0.2, 0.25) is 0 Å². The Balaban J connectivity index is 1.80. The lowest BCUT2D eigenvalue weighted by molar-refractivity contribution is -0.274. The monoisotopic (exact) mass is 476 g/mol. The van der Waals surface area contributed by atoms with E-state index >= 15 is 0 Å². The largest absolute Gasteiger partial charge is 0.573 e. The van der Waals surface area contributed by atoms with Crippen LogP contribution >= 0.6 is 11.8 Å². The maximum absolute atomic E-state index is 13.0. The predicted molar refractivity (Wildman–Crippen MR) is 104 cm³/mol. The molecule has 1 saturated heterocycles. The van der Waals surface area contributed by atoms with Crippen LogP contribution in [0.15, 0.2) is 47.4 Å². The van der Waals surface area contributed by atoms with E-state index in [2.05, 4.69) is 10.1 Å². The van der Waals surface area contributed by atoms with Crippen LogP contribution in [-0.2, 0) is 16.9 Å². The number of halogens is 5. The summed E-state index contributed by atoms with van der Waals surface area (Å²) in [5, 5.41) is 2.54. The lowest BCUT2D eigenvalue weighted by Gasteiger charge is -2.22. The summed E-state index contributed by atoms with van der Waals surface area (Å²) >= 11 is 0.305. The Morgan fingerprint density at radius 2 is 1.78 bits per heavy atom. The van der Waals surface area contributed by atoms with Crippen molar-refractivity contribution >= 4 is 23.7 Å². The molecule has 32 heavy (non-hydrogen) atoms. The second kappa shape index (κ2) is 8.85. The lowest BCUT2D eigenvalue weighted by atomic mass is 9.92. The van der Waals surface area contributed by atoms with Gasteiger partial charge in [-0.3, -0.25) is 9.69 Å². The molecule has 12 heteroatoms. The molecule has 0 spiro atoms. The van der Waals surface area contributed by atoms with Gasteiger partial charge < -0.3 is 14.8 Å². The Hall–Kier alpha value is -3.02. The number of carbonyl (C=O) groups is 2. The minimum atomic E-state index is -4.86. The van der Waals surface area contributed by atoms with Gasteiger partial charge in [0.15, 0.2) is 0 Å². The Kier molecular flexibility index (Phi) is 6.54. The van der Waals surface area contributed by atoms with E-state index < -0.39 is 35.3 Å². The smallest absolute Gasteiger partial charge is 0.496 e. The van der Waals surface area contributed by atoms with Crippen LogP contribution in [0.4, 0.5) is 26.7 Å². The molecule has 3 amide bonds. The molecule has 1 aliphatic rings. The number of ether oxygens (including phenoxy) is 2. The zero-order valence-electron chi connectivity index (χ0n) is 16.7. The van der Waals surface area contributed by atoms with Gasteiger partial charge in [-0.1, -0.05) is 30.0 Å². The van der Waals surface area contributed by atoms with Gasteiger partial charge in [0, 0.05) is 0 Å². The van der Waals surface area contributed by atoms with Gasteiger partial charge in [0.2, 0.25) is 0 Å². The van der Waals surface area contributed by atoms with Gasteiger partial charge in [0.1, 0.15) is 17.0 Å². The summed E-state index contributed by atoms with van der Waals surface area (Å²) in [7, 11) is 1.31. The van der Waals surface area contributed by atoms with E-state index in [9.17, 15) is 31.5 Å². The van der Waals surface area contributed by atoms with Gasteiger partial charge in [0.05, 0.1) is 18.6 Å². The molecule has 1 atom stereocenters. The molecule has 3 rings (SSSR count). The number of methoxy groups -OCH3 is 1. The second-order valence-electron chi connectivity index (χ2n) is 6.88. The van der Waals surface area contributed by atoms with Crippen molar-refractivity contribution in [1.29, 1.82) is 0 Å². The van der Waals surface area contributed by atoms with Gasteiger partial charge in [-0.05, 0) is 42.3 Å². The van der Waals surface area contributed by atoms with E-state index in [4.69, 9.17) is 4.74 Å². The molecule has 0 radical (unpaired) electrons. The molecule has 1 fully saturated rings. The molecule has 0 aliphatic carbocycles. The molecule has 1 N–H and O–H groups in total. The van der Waals surface area contributed by atoms with Crippen molar-refractivity contribution < 1.29 is 41.0 Å². The summed E-state index contributed by atoms with van der Waals surface area (Å²) in [6.45, 7) is 1.27. The van der Waals surface area contributed by atoms with E-state index in [-0.39, 0.29) is 22.8 Å². The SMILES string of the molecule is COc1cc(CN2C(=O)NC(C)(c3ccc(OC(F)(F)F)cc3)C2=O)ccc1SC(F)F. The normalized spacial score (nSPS) is 18.8. The molecular formula is C20H17F5N2O4S. The maximum atomic E-state index is 13.0. The Labute approximate surface area is 183 Å². The minimum Gasteiger partial charge on any atom is -0.496 e. The third-order valence-corrected chi connectivity index (χ3v) is 5.49. The number of hydrogen-bond donors (Lipinski definition) is 1. The number of alkyl halides is 5. The van der Waals surface area contributed by atoms with Crippen LogP contribution in [0, 0.1) is 0 Å². The van der Waals surface area contributed by atoms with E-state index in [1.807, 2.05) is 0 Å². The highest BCUT2D eigenvalue weighted by Gasteiger charge is 2.49. The minimum absolute atomic E-state index is 0.161. The third-order valence-electron chi connectivity index (χ3n) is 4.72. The number of thioether (sulfide) groups is 1. The maximum Gasteiger partial charge on any atom is 0.573 e. The van der Waals surface area contributed by atoms with Crippen LogP contribution in [0.3, 0.4) is 0 Å². The molecule has 2 aromatic rings. The van der Waals surface area contributed by atoms with Gasteiger partial charge >= 0.3 is 12.4 Å². The van der Waals surface area contributed by atoms with E-state index in [1.165, 1.54) is 44.4 Å². The number of nitrogens with zero attached hydrogens (tertiary/aromatic N) is 1. The molecule has 1 heterocycles.